The topological polar surface area (TPSA) is 63.6 Å². The normalized spacial score (nSPS) is 11.3. The third kappa shape index (κ3) is 4.20. The van der Waals surface area contributed by atoms with Crippen LogP contribution in [0.1, 0.15) is 5.56 Å². The second-order valence-electron chi connectivity index (χ2n) is 2.55. The number of carbonyl (C=O) groups excluding carboxylic acids is 1. The van der Waals surface area contributed by atoms with Crippen molar-refractivity contribution < 1.29 is 13.2 Å². The van der Waals surface area contributed by atoms with Crippen molar-refractivity contribution in [1.29, 1.82) is 0 Å². The van der Waals surface area contributed by atoms with E-state index in [1.807, 2.05) is 0 Å². The molecule has 0 bridgehead atoms. The van der Waals surface area contributed by atoms with Gasteiger partial charge in [0.05, 0.1) is 5.41 Å². The maximum absolute atomic E-state index is 10.9. The molecule has 0 aliphatic rings. The van der Waals surface area contributed by atoms with Crippen LogP contribution in [0, 0.1) is 0 Å². The summed E-state index contributed by atoms with van der Waals surface area (Å²) in [6.07, 6.45) is 2.33. The minimum atomic E-state index is -3.83. The Morgan fingerprint density at radius 2 is 1.87 bits per heavy atom. The number of sulfonamides is 1. The van der Waals surface area contributed by atoms with Crippen molar-refractivity contribution in [3.63, 3.8) is 0 Å². The highest BCUT2D eigenvalue weighted by Crippen LogP contribution is 2.12. The summed E-state index contributed by atoms with van der Waals surface area (Å²) in [5, 5.41) is 0.848. The molecule has 0 heterocycles. The lowest BCUT2D eigenvalue weighted by Crippen LogP contribution is -1.87. The van der Waals surface area contributed by atoms with E-state index < -0.39 is 10.0 Å². The zero-order valence-corrected chi connectivity index (χ0v) is 9.82. The van der Waals surface area contributed by atoms with Crippen molar-refractivity contribution in [3.8, 4) is 0 Å². The molecule has 0 aromatic heterocycles. The number of hydrogen-bond acceptors (Lipinski definition) is 3. The Bertz CT molecular complexity index is 513. The molecule has 0 atom stereocenters. The molecule has 0 N–H and O–H groups in total. The van der Waals surface area contributed by atoms with Gasteiger partial charge in [-0.15, -0.1) is 0 Å². The monoisotopic (exact) mass is 287 g/mol. The zero-order chi connectivity index (χ0) is 11.3. The van der Waals surface area contributed by atoms with Gasteiger partial charge in [0.1, 0.15) is 0 Å². The molecule has 6 heteroatoms. The van der Waals surface area contributed by atoms with E-state index in [9.17, 15) is 13.2 Å². The van der Waals surface area contributed by atoms with E-state index in [0.717, 1.165) is 16.0 Å². The molecule has 15 heavy (non-hydrogen) atoms. The lowest BCUT2D eigenvalue weighted by molar-refractivity contribution is 0.564. The fourth-order valence-corrected chi connectivity index (χ4v) is 1.58. The second kappa shape index (κ2) is 5.02. The third-order valence-corrected chi connectivity index (χ3v) is 2.80. The molecule has 1 aromatic carbocycles. The highest BCUT2D eigenvalue weighted by molar-refractivity contribution is 9.10. The molecule has 0 aliphatic heterocycles. The van der Waals surface area contributed by atoms with Gasteiger partial charge >= 0.3 is 0 Å². The average molecular weight is 288 g/mol. The van der Waals surface area contributed by atoms with E-state index in [1.54, 1.807) is 24.3 Å². The standard InChI is InChI=1S/C9H6BrNO3S/c10-9-3-1-8(2-4-9)5-6-15(13,14)11-7-12/h1-6H/b6-5+. The quantitative estimate of drug-likeness (QED) is 0.632. The van der Waals surface area contributed by atoms with Crippen molar-refractivity contribution in [2.45, 2.75) is 0 Å². The van der Waals surface area contributed by atoms with Gasteiger partial charge in [0.15, 0.2) is 0 Å². The van der Waals surface area contributed by atoms with Crippen LogP contribution in [-0.4, -0.2) is 14.5 Å². The van der Waals surface area contributed by atoms with Crippen molar-refractivity contribution in [2.75, 3.05) is 0 Å². The van der Waals surface area contributed by atoms with Crippen LogP contribution >= 0.6 is 15.9 Å². The summed E-state index contributed by atoms with van der Waals surface area (Å²) in [4.78, 5) is 9.77. The Morgan fingerprint density at radius 3 is 2.40 bits per heavy atom. The zero-order valence-electron chi connectivity index (χ0n) is 7.42. The van der Waals surface area contributed by atoms with Gasteiger partial charge in [-0.2, -0.15) is 8.42 Å². The summed E-state index contributed by atoms with van der Waals surface area (Å²) < 4.78 is 25.4. The molecular formula is C9H6BrNO3S. The van der Waals surface area contributed by atoms with Gasteiger partial charge in [-0.25, -0.2) is 4.79 Å². The van der Waals surface area contributed by atoms with Crippen LogP contribution in [-0.2, 0) is 14.8 Å². The van der Waals surface area contributed by atoms with Crippen LogP contribution in [0.4, 0.5) is 0 Å². The minimum absolute atomic E-state index is 0.697. The Labute approximate surface area is 95.5 Å². The molecule has 0 saturated heterocycles. The Kier molecular flexibility index (Phi) is 3.96. The van der Waals surface area contributed by atoms with Gasteiger partial charge in [0.2, 0.25) is 0 Å². The van der Waals surface area contributed by atoms with E-state index in [0.29, 0.717) is 5.56 Å². The van der Waals surface area contributed by atoms with Crippen molar-refractivity contribution in [3.05, 3.63) is 39.7 Å². The van der Waals surface area contributed by atoms with Gasteiger partial charge in [-0.1, -0.05) is 32.5 Å². The SMILES string of the molecule is O=C=NS(=O)(=O)/C=C/c1ccc(Br)cc1. The number of benzene rings is 1. The van der Waals surface area contributed by atoms with E-state index in [2.05, 4.69) is 20.3 Å². The molecule has 0 aliphatic carbocycles. The predicted octanol–water partition coefficient (Wildman–Crippen LogP) is 2.09. The Morgan fingerprint density at radius 1 is 1.27 bits per heavy atom. The van der Waals surface area contributed by atoms with Crippen LogP contribution in [0.25, 0.3) is 6.08 Å². The fraction of sp³-hybridized carbons (Fsp3) is 0. The molecule has 0 fully saturated rings. The van der Waals surface area contributed by atoms with Crippen molar-refractivity contribution in [1.82, 2.24) is 0 Å². The van der Waals surface area contributed by atoms with Gasteiger partial charge < -0.3 is 0 Å². The molecule has 0 saturated carbocycles. The molecule has 1 rings (SSSR count). The first-order chi connectivity index (χ1) is 7.03. The summed E-state index contributed by atoms with van der Waals surface area (Å²) in [6, 6.07) is 6.99. The first-order valence-electron chi connectivity index (χ1n) is 3.81. The summed E-state index contributed by atoms with van der Waals surface area (Å²) >= 11 is 3.25. The highest BCUT2D eigenvalue weighted by atomic mass is 79.9. The number of hydrogen-bond donors (Lipinski definition) is 0. The smallest absolute Gasteiger partial charge is 0.210 e. The van der Waals surface area contributed by atoms with E-state index >= 15 is 0 Å². The van der Waals surface area contributed by atoms with Crippen molar-refractivity contribution >= 4 is 38.1 Å². The number of nitrogens with zero attached hydrogens (tertiary/aromatic N) is 1. The number of rotatable bonds is 3. The molecule has 4 nitrogen and oxygen atoms in total. The third-order valence-electron chi connectivity index (χ3n) is 1.47. The van der Waals surface area contributed by atoms with Gasteiger partial charge in [0.25, 0.3) is 16.1 Å². The Balaban J connectivity index is 2.92. The molecule has 0 spiro atoms. The first-order valence-corrected chi connectivity index (χ1v) is 6.11. The molecule has 78 valence electrons. The minimum Gasteiger partial charge on any atom is -0.210 e. The van der Waals surface area contributed by atoms with Crippen LogP contribution < -0.4 is 0 Å². The van der Waals surface area contributed by atoms with E-state index in [1.165, 1.54) is 6.08 Å². The summed E-state index contributed by atoms with van der Waals surface area (Å²) in [5.41, 5.74) is 0.697. The average Bonchev–Trinajstić information content (AvgIpc) is 2.17. The van der Waals surface area contributed by atoms with Crippen LogP contribution in [0.5, 0.6) is 0 Å². The highest BCUT2D eigenvalue weighted by Gasteiger charge is 2.00. The van der Waals surface area contributed by atoms with Crippen LogP contribution in [0.2, 0.25) is 0 Å². The molecule has 1 aromatic rings. The van der Waals surface area contributed by atoms with E-state index in [4.69, 9.17) is 0 Å². The molecule has 0 amide bonds. The van der Waals surface area contributed by atoms with Gasteiger partial charge in [-0.3, -0.25) is 0 Å². The maximum Gasteiger partial charge on any atom is 0.285 e. The van der Waals surface area contributed by atoms with E-state index in [-0.39, 0.29) is 0 Å². The summed E-state index contributed by atoms with van der Waals surface area (Å²) in [6.45, 7) is 0. The lowest BCUT2D eigenvalue weighted by Gasteiger charge is -1.92. The summed E-state index contributed by atoms with van der Waals surface area (Å²) in [5.74, 6) is 0. The summed E-state index contributed by atoms with van der Waals surface area (Å²) in [7, 11) is -3.83. The number of halogens is 1. The van der Waals surface area contributed by atoms with Crippen molar-refractivity contribution in [2.24, 2.45) is 4.40 Å². The predicted molar refractivity (Wildman–Crippen MR) is 60.2 cm³/mol. The number of isocyanates is 1. The van der Waals surface area contributed by atoms with Crippen LogP contribution in [0.3, 0.4) is 0 Å². The first kappa shape index (κ1) is 11.8. The van der Waals surface area contributed by atoms with Gasteiger partial charge in [0, 0.05) is 4.47 Å². The van der Waals surface area contributed by atoms with Crippen LogP contribution in [0.15, 0.2) is 38.5 Å². The molecular weight excluding hydrogens is 282 g/mol. The molecule has 0 unspecified atom stereocenters. The largest absolute Gasteiger partial charge is 0.285 e. The molecule has 0 radical (unpaired) electrons. The fourth-order valence-electron chi connectivity index (χ4n) is 0.821. The maximum atomic E-state index is 10.9. The second-order valence-corrected chi connectivity index (χ2v) is 4.95. The Hall–Kier alpha value is -1.23. The van der Waals surface area contributed by atoms with Gasteiger partial charge in [-0.05, 0) is 23.8 Å². The lowest BCUT2D eigenvalue weighted by atomic mass is 10.2.